The average molecular weight is 372 g/mol. The molecular weight excluding hydrogens is 348 g/mol. The summed E-state index contributed by atoms with van der Waals surface area (Å²) in [5.74, 6) is -2.24. The minimum Gasteiger partial charge on any atom is -0.454 e. The fraction of sp³-hybridized carbons (Fsp3) is 0.500. The number of rotatable bonds is 6. The number of likely N-dealkylation sites (N-methyl/N-ethyl adjacent to an activating group) is 1. The standard InChI is InChI=1S/C20H24N2O5/c1-21(11-14-7-3-2-4-8-14)17(23)13-27-18(24)12-22-19(25)15-9-5-6-10-16(15)20(22)26/h2-4,7-8,15-16H,5-6,9-13H2,1H3/t15-,16+. The molecule has 1 aliphatic carbocycles. The van der Waals surface area contributed by atoms with Crippen LogP contribution < -0.4 is 0 Å². The summed E-state index contributed by atoms with van der Waals surface area (Å²) in [7, 11) is 1.63. The van der Waals surface area contributed by atoms with Gasteiger partial charge in [-0.25, -0.2) is 0 Å². The highest BCUT2D eigenvalue weighted by Gasteiger charge is 2.48. The first-order valence-electron chi connectivity index (χ1n) is 9.26. The van der Waals surface area contributed by atoms with Crippen molar-refractivity contribution in [1.29, 1.82) is 0 Å². The number of hydrogen-bond acceptors (Lipinski definition) is 5. The van der Waals surface area contributed by atoms with E-state index >= 15 is 0 Å². The second-order valence-corrected chi connectivity index (χ2v) is 7.16. The molecule has 2 fully saturated rings. The molecule has 0 radical (unpaired) electrons. The van der Waals surface area contributed by atoms with Gasteiger partial charge in [0.05, 0.1) is 11.8 Å². The van der Waals surface area contributed by atoms with E-state index in [2.05, 4.69) is 0 Å². The van der Waals surface area contributed by atoms with Gasteiger partial charge in [0.1, 0.15) is 6.54 Å². The normalized spacial score (nSPS) is 21.7. The fourth-order valence-electron chi connectivity index (χ4n) is 3.76. The van der Waals surface area contributed by atoms with Crippen LogP contribution in [0.25, 0.3) is 0 Å². The molecule has 3 rings (SSSR count). The Morgan fingerprint density at radius 3 is 2.26 bits per heavy atom. The first kappa shape index (κ1) is 19.1. The second kappa shape index (κ2) is 8.33. The molecule has 0 aromatic heterocycles. The van der Waals surface area contributed by atoms with E-state index in [0.29, 0.717) is 19.4 Å². The van der Waals surface area contributed by atoms with E-state index in [4.69, 9.17) is 4.74 Å². The van der Waals surface area contributed by atoms with Crippen LogP contribution in [0.5, 0.6) is 0 Å². The maximum Gasteiger partial charge on any atom is 0.326 e. The van der Waals surface area contributed by atoms with E-state index in [9.17, 15) is 19.2 Å². The Labute approximate surface area is 158 Å². The molecule has 1 aliphatic heterocycles. The molecule has 3 amide bonds. The van der Waals surface area contributed by atoms with Gasteiger partial charge in [0.2, 0.25) is 11.8 Å². The lowest BCUT2D eigenvalue weighted by molar-refractivity contribution is -0.156. The molecule has 0 spiro atoms. The third-order valence-corrected chi connectivity index (χ3v) is 5.26. The lowest BCUT2D eigenvalue weighted by Gasteiger charge is -2.19. The Hall–Kier alpha value is -2.70. The summed E-state index contributed by atoms with van der Waals surface area (Å²) in [6.45, 7) is -0.421. The summed E-state index contributed by atoms with van der Waals surface area (Å²) in [6.07, 6.45) is 3.26. The number of benzene rings is 1. The number of carbonyl (C=O) groups excluding carboxylic acids is 4. The van der Waals surface area contributed by atoms with Gasteiger partial charge >= 0.3 is 5.97 Å². The Balaban J connectivity index is 1.47. The number of likely N-dealkylation sites (tertiary alicyclic amines) is 1. The molecule has 27 heavy (non-hydrogen) atoms. The SMILES string of the molecule is CN(Cc1ccccc1)C(=O)COC(=O)CN1C(=O)[C@H]2CCCC[C@H]2C1=O. The highest BCUT2D eigenvalue weighted by Crippen LogP contribution is 2.37. The smallest absolute Gasteiger partial charge is 0.326 e. The second-order valence-electron chi connectivity index (χ2n) is 7.16. The molecule has 0 N–H and O–H groups in total. The minimum atomic E-state index is -0.739. The van der Waals surface area contributed by atoms with Crippen LogP contribution in [0.15, 0.2) is 30.3 Å². The van der Waals surface area contributed by atoms with Gasteiger partial charge in [-0.15, -0.1) is 0 Å². The molecule has 0 bridgehead atoms. The van der Waals surface area contributed by atoms with Gasteiger partial charge in [-0.1, -0.05) is 43.2 Å². The van der Waals surface area contributed by atoms with Crippen LogP contribution in [0.1, 0.15) is 31.2 Å². The monoisotopic (exact) mass is 372 g/mol. The van der Waals surface area contributed by atoms with Crippen LogP contribution in [-0.4, -0.2) is 53.7 Å². The fourth-order valence-corrected chi connectivity index (χ4v) is 3.76. The highest BCUT2D eigenvalue weighted by molar-refractivity contribution is 6.07. The van der Waals surface area contributed by atoms with Crippen LogP contribution in [0, 0.1) is 11.8 Å². The van der Waals surface area contributed by atoms with Gasteiger partial charge in [-0.2, -0.15) is 0 Å². The van der Waals surface area contributed by atoms with Crippen molar-refractivity contribution in [3.05, 3.63) is 35.9 Å². The van der Waals surface area contributed by atoms with Crippen molar-refractivity contribution >= 4 is 23.7 Å². The van der Waals surface area contributed by atoms with Crippen LogP contribution in [-0.2, 0) is 30.5 Å². The van der Waals surface area contributed by atoms with Crippen LogP contribution >= 0.6 is 0 Å². The number of imide groups is 1. The van der Waals surface area contributed by atoms with E-state index in [1.165, 1.54) is 4.90 Å². The molecule has 0 unspecified atom stereocenters. The third-order valence-electron chi connectivity index (χ3n) is 5.26. The van der Waals surface area contributed by atoms with Gasteiger partial charge in [0.15, 0.2) is 6.61 Å². The summed E-state index contributed by atoms with van der Waals surface area (Å²) >= 11 is 0. The Kier molecular flexibility index (Phi) is 5.88. The number of hydrogen-bond donors (Lipinski definition) is 0. The van der Waals surface area contributed by atoms with Crippen molar-refractivity contribution in [2.75, 3.05) is 20.2 Å². The van der Waals surface area contributed by atoms with Crippen molar-refractivity contribution < 1.29 is 23.9 Å². The zero-order valence-corrected chi connectivity index (χ0v) is 15.4. The lowest BCUT2D eigenvalue weighted by atomic mass is 9.81. The number of nitrogens with zero attached hydrogens (tertiary/aromatic N) is 2. The van der Waals surface area contributed by atoms with Crippen molar-refractivity contribution in [2.45, 2.75) is 32.2 Å². The van der Waals surface area contributed by atoms with E-state index in [0.717, 1.165) is 23.3 Å². The molecule has 1 saturated carbocycles. The van der Waals surface area contributed by atoms with Crippen molar-refractivity contribution in [2.24, 2.45) is 11.8 Å². The molecule has 7 nitrogen and oxygen atoms in total. The molecule has 1 heterocycles. The van der Waals surface area contributed by atoms with Crippen LogP contribution in [0.4, 0.5) is 0 Å². The number of amides is 3. The molecule has 1 aromatic rings. The van der Waals surface area contributed by atoms with E-state index < -0.39 is 19.1 Å². The summed E-state index contributed by atoms with van der Waals surface area (Å²) in [5, 5.41) is 0. The average Bonchev–Trinajstić information content (AvgIpc) is 2.92. The topological polar surface area (TPSA) is 84.0 Å². The van der Waals surface area contributed by atoms with Gasteiger partial charge in [-0.05, 0) is 18.4 Å². The maximum atomic E-state index is 12.4. The quantitative estimate of drug-likeness (QED) is 0.556. The zero-order chi connectivity index (χ0) is 19.4. The van der Waals surface area contributed by atoms with Gasteiger partial charge in [-0.3, -0.25) is 24.1 Å². The molecule has 144 valence electrons. The predicted molar refractivity (Wildman–Crippen MR) is 96.0 cm³/mol. The molecule has 2 aliphatic rings. The summed E-state index contributed by atoms with van der Waals surface area (Å²) < 4.78 is 5.00. The summed E-state index contributed by atoms with van der Waals surface area (Å²) in [6, 6.07) is 9.47. The molecule has 1 saturated heterocycles. The molecule has 2 atom stereocenters. The van der Waals surface area contributed by atoms with Gasteiger partial charge in [0, 0.05) is 13.6 Å². The molecule has 1 aromatic carbocycles. The van der Waals surface area contributed by atoms with Crippen molar-refractivity contribution in [1.82, 2.24) is 9.80 Å². The van der Waals surface area contributed by atoms with Crippen molar-refractivity contribution in [3.8, 4) is 0 Å². The summed E-state index contributed by atoms with van der Waals surface area (Å²) in [5.41, 5.74) is 0.968. The number of ether oxygens (including phenoxy) is 1. The lowest BCUT2D eigenvalue weighted by Crippen LogP contribution is -2.38. The Morgan fingerprint density at radius 2 is 1.67 bits per heavy atom. The number of esters is 1. The van der Waals surface area contributed by atoms with E-state index in [1.54, 1.807) is 7.05 Å². The predicted octanol–water partition coefficient (Wildman–Crippen LogP) is 1.36. The largest absolute Gasteiger partial charge is 0.454 e. The zero-order valence-electron chi connectivity index (χ0n) is 15.4. The first-order chi connectivity index (χ1) is 13.0. The highest BCUT2D eigenvalue weighted by atomic mass is 16.5. The van der Waals surface area contributed by atoms with Gasteiger partial charge < -0.3 is 9.64 Å². The molecular formula is C20H24N2O5. The number of carbonyl (C=O) groups is 4. The molecule has 7 heteroatoms. The van der Waals surface area contributed by atoms with Crippen molar-refractivity contribution in [3.63, 3.8) is 0 Å². The number of fused-ring (bicyclic) bond motifs is 1. The Morgan fingerprint density at radius 1 is 1.07 bits per heavy atom. The van der Waals surface area contributed by atoms with Crippen LogP contribution in [0.3, 0.4) is 0 Å². The minimum absolute atomic E-state index is 0.283. The van der Waals surface area contributed by atoms with E-state index in [-0.39, 0.29) is 29.6 Å². The van der Waals surface area contributed by atoms with E-state index in [1.807, 2.05) is 30.3 Å². The maximum absolute atomic E-state index is 12.4. The Bertz CT molecular complexity index is 709. The first-order valence-corrected chi connectivity index (χ1v) is 9.26. The third kappa shape index (κ3) is 4.35. The van der Waals surface area contributed by atoms with Gasteiger partial charge in [0.25, 0.3) is 5.91 Å². The summed E-state index contributed by atoms with van der Waals surface area (Å²) in [4.78, 5) is 51.3. The van der Waals surface area contributed by atoms with Crippen LogP contribution in [0.2, 0.25) is 0 Å².